The van der Waals surface area contributed by atoms with Crippen LogP contribution in [-0.2, 0) is 0 Å². The van der Waals surface area contributed by atoms with Crippen LogP contribution in [0.2, 0.25) is 0 Å². The van der Waals surface area contributed by atoms with E-state index in [2.05, 4.69) is 0 Å². The summed E-state index contributed by atoms with van der Waals surface area (Å²) < 4.78 is 18.2. The zero-order valence-corrected chi connectivity index (χ0v) is 8.45. The van der Waals surface area contributed by atoms with Crippen LogP contribution in [0.3, 0.4) is 0 Å². The van der Waals surface area contributed by atoms with E-state index in [-0.39, 0.29) is 5.82 Å². The van der Waals surface area contributed by atoms with Gasteiger partial charge in [0.2, 0.25) is 0 Å². The van der Waals surface area contributed by atoms with Gasteiger partial charge in [-0.2, -0.15) is 0 Å². The summed E-state index contributed by atoms with van der Waals surface area (Å²) in [4.78, 5) is 0.577. The monoisotopic (exact) mass is 201 g/mol. The zero-order valence-electron chi connectivity index (χ0n) is 7.63. The van der Waals surface area contributed by atoms with Crippen LogP contribution in [0.1, 0.15) is 6.92 Å². The van der Waals surface area contributed by atoms with Gasteiger partial charge in [0, 0.05) is 11.0 Å². The molecule has 2 N–H and O–H groups in total. The second-order valence-corrected chi connectivity index (χ2v) is 3.76. The van der Waals surface area contributed by atoms with Gasteiger partial charge in [0.25, 0.3) is 0 Å². The summed E-state index contributed by atoms with van der Waals surface area (Å²) >= 11 is 1.43. The SMILES string of the molecule is CCSc1cc(OC)c(N)cc1F. The molecular weight excluding hydrogens is 189 g/mol. The zero-order chi connectivity index (χ0) is 9.84. The first-order valence-electron chi connectivity index (χ1n) is 3.94. The number of methoxy groups -OCH3 is 1. The third-order valence-electron chi connectivity index (χ3n) is 1.58. The van der Waals surface area contributed by atoms with Crippen LogP contribution < -0.4 is 10.5 Å². The number of thioether (sulfide) groups is 1. The summed E-state index contributed by atoms with van der Waals surface area (Å²) in [6.45, 7) is 1.97. The Morgan fingerprint density at radius 3 is 2.77 bits per heavy atom. The average molecular weight is 201 g/mol. The van der Waals surface area contributed by atoms with Gasteiger partial charge in [-0.25, -0.2) is 4.39 Å². The highest BCUT2D eigenvalue weighted by Gasteiger charge is 2.07. The first-order chi connectivity index (χ1) is 6.19. The molecule has 1 rings (SSSR count). The molecule has 0 heterocycles. The van der Waals surface area contributed by atoms with Gasteiger partial charge in [-0.3, -0.25) is 0 Å². The fourth-order valence-corrected chi connectivity index (χ4v) is 1.69. The molecule has 13 heavy (non-hydrogen) atoms. The normalized spacial score (nSPS) is 10.1. The van der Waals surface area contributed by atoms with E-state index in [1.165, 1.54) is 24.9 Å². The molecule has 2 nitrogen and oxygen atoms in total. The maximum Gasteiger partial charge on any atom is 0.143 e. The summed E-state index contributed by atoms with van der Waals surface area (Å²) in [5.41, 5.74) is 5.86. The molecular formula is C9H12FNOS. The van der Waals surface area contributed by atoms with Crippen LogP contribution in [-0.4, -0.2) is 12.9 Å². The lowest BCUT2D eigenvalue weighted by Crippen LogP contribution is -1.94. The third-order valence-corrected chi connectivity index (χ3v) is 2.50. The molecule has 0 saturated carbocycles. The summed E-state index contributed by atoms with van der Waals surface area (Å²) in [5.74, 6) is 1.06. The largest absolute Gasteiger partial charge is 0.495 e. The molecule has 0 amide bonds. The van der Waals surface area contributed by atoms with E-state index in [9.17, 15) is 4.39 Å². The molecule has 0 aliphatic carbocycles. The molecule has 0 bridgehead atoms. The van der Waals surface area contributed by atoms with E-state index in [0.29, 0.717) is 16.3 Å². The van der Waals surface area contributed by atoms with Crippen molar-refractivity contribution < 1.29 is 9.13 Å². The number of hydrogen-bond donors (Lipinski definition) is 1. The Balaban J connectivity index is 3.06. The van der Waals surface area contributed by atoms with Crippen molar-refractivity contribution in [2.75, 3.05) is 18.6 Å². The van der Waals surface area contributed by atoms with Crippen molar-refractivity contribution in [3.63, 3.8) is 0 Å². The molecule has 0 saturated heterocycles. The standard InChI is InChI=1S/C9H12FNOS/c1-3-13-9-5-8(12-2)7(11)4-6(9)10/h4-5H,3,11H2,1-2H3. The molecule has 0 unspecified atom stereocenters. The van der Waals surface area contributed by atoms with Gasteiger partial charge in [-0.15, -0.1) is 11.8 Å². The Labute approximate surface area is 81.3 Å². The highest BCUT2D eigenvalue weighted by atomic mass is 32.2. The molecule has 72 valence electrons. The smallest absolute Gasteiger partial charge is 0.143 e. The van der Waals surface area contributed by atoms with Crippen LogP contribution in [0.15, 0.2) is 17.0 Å². The lowest BCUT2D eigenvalue weighted by Gasteiger charge is -2.07. The molecule has 4 heteroatoms. The van der Waals surface area contributed by atoms with E-state index in [1.807, 2.05) is 6.92 Å². The van der Waals surface area contributed by atoms with Gasteiger partial charge in [-0.1, -0.05) is 6.92 Å². The van der Waals surface area contributed by atoms with E-state index < -0.39 is 0 Å². The quantitative estimate of drug-likeness (QED) is 0.603. The van der Waals surface area contributed by atoms with Crippen molar-refractivity contribution in [1.29, 1.82) is 0 Å². The minimum atomic E-state index is -0.287. The van der Waals surface area contributed by atoms with Crippen molar-refractivity contribution >= 4 is 17.4 Å². The maximum absolute atomic E-state index is 13.2. The maximum atomic E-state index is 13.2. The molecule has 0 radical (unpaired) electrons. The van der Waals surface area contributed by atoms with Gasteiger partial charge in [0.15, 0.2) is 0 Å². The van der Waals surface area contributed by atoms with E-state index in [0.717, 1.165) is 5.75 Å². The molecule has 0 fully saturated rings. The predicted octanol–water partition coefficient (Wildman–Crippen LogP) is 2.53. The molecule has 0 spiro atoms. The second kappa shape index (κ2) is 4.37. The Morgan fingerprint density at radius 2 is 2.23 bits per heavy atom. The minimum absolute atomic E-state index is 0.287. The number of anilines is 1. The van der Waals surface area contributed by atoms with Crippen LogP contribution in [0.25, 0.3) is 0 Å². The second-order valence-electron chi connectivity index (χ2n) is 2.46. The fourth-order valence-electron chi connectivity index (χ4n) is 0.993. The van der Waals surface area contributed by atoms with Crippen LogP contribution in [0.5, 0.6) is 5.75 Å². The van der Waals surface area contributed by atoms with Gasteiger partial charge >= 0.3 is 0 Å². The minimum Gasteiger partial charge on any atom is -0.495 e. The Bertz CT molecular complexity index is 304. The lowest BCUT2D eigenvalue weighted by molar-refractivity contribution is 0.414. The number of ether oxygens (including phenoxy) is 1. The van der Waals surface area contributed by atoms with Crippen molar-refractivity contribution in [2.24, 2.45) is 0 Å². The van der Waals surface area contributed by atoms with E-state index in [4.69, 9.17) is 10.5 Å². The number of nitrogen functional groups attached to an aromatic ring is 1. The Hall–Kier alpha value is -0.900. The highest BCUT2D eigenvalue weighted by Crippen LogP contribution is 2.30. The molecule has 0 aliphatic rings. The average Bonchev–Trinajstić information content (AvgIpc) is 2.10. The Morgan fingerprint density at radius 1 is 1.54 bits per heavy atom. The topological polar surface area (TPSA) is 35.2 Å². The van der Waals surface area contributed by atoms with Gasteiger partial charge in [0.05, 0.1) is 12.8 Å². The number of nitrogens with two attached hydrogens (primary N) is 1. The van der Waals surface area contributed by atoms with Crippen LogP contribution >= 0.6 is 11.8 Å². The number of rotatable bonds is 3. The summed E-state index contributed by atoms with van der Waals surface area (Å²) in [6, 6.07) is 2.91. The van der Waals surface area contributed by atoms with Gasteiger partial charge < -0.3 is 10.5 Å². The molecule has 1 aromatic rings. The van der Waals surface area contributed by atoms with Crippen LogP contribution in [0.4, 0.5) is 10.1 Å². The molecule has 1 aromatic carbocycles. The Kier molecular flexibility index (Phi) is 3.42. The van der Waals surface area contributed by atoms with Crippen molar-refractivity contribution in [3.8, 4) is 5.75 Å². The van der Waals surface area contributed by atoms with Crippen molar-refractivity contribution in [1.82, 2.24) is 0 Å². The lowest BCUT2D eigenvalue weighted by atomic mass is 10.3. The van der Waals surface area contributed by atoms with E-state index in [1.54, 1.807) is 6.07 Å². The summed E-state index contributed by atoms with van der Waals surface area (Å²) in [7, 11) is 1.52. The van der Waals surface area contributed by atoms with Gasteiger partial charge in [-0.05, 0) is 11.8 Å². The summed E-state index contributed by atoms with van der Waals surface area (Å²) in [5, 5.41) is 0. The molecule has 0 atom stereocenters. The number of benzene rings is 1. The third kappa shape index (κ3) is 2.28. The fraction of sp³-hybridized carbons (Fsp3) is 0.333. The van der Waals surface area contributed by atoms with E-state index >= 15 is 0 Å². The van der Waals surface area contributed by atoms with Crippen LogP contribution in [0, 0.1) is 5.82 Å². The number of halogens is 1. The number of hydrogen-bond acceptors (Lipinski definition) is 3. The first-order valence-corrected chi connectivity index (χ1v) is 4.93. The molecule has 0 aromatic heterocycles. The van der Waals surface area contributed by atoms with Crippen molar-refractivity contribution in [3.05, 3.63) is 17.9 Å². The van der Waals surface area contributed by atoms with Crippen molar-refractivity contribution in [2.45, 2.75) is 11.8 Å². The summed E-state index contributed by atoms with van der Waals surface area (Å²) in [6.07, 6.45) is 0. The molecule has 0 aliphatic heterocycles. The first kappa shape index (κ1) is 10.2. The highest BCUT2D eigenvalue weighted by molar-refractivity contribution is 7.99. The van der Waals surface area contributed by atoms with Gasteiger partial charge in [0.1, 0.15) is 11.6 Å². The predicted molar refractivity (Wildman–Crippen MR) is 53.8 cm³/mol.